The molecule has 0 aliphatic heterocycles. The monoisotopic (exact) mass is 291 g/mol. The Kier molecular flexibility index (Phi) is 4.47. The lowest BCUT2D eigenvalue weighted by Crippen LogP contribution is -2.14. The average molecular weight is 291 g/mol. The molecule has 0 aliphatic carbocycles. The molecule has 0 atom stereocenters. The normalized spacial score (nSPS) is 10.3. The van der Waals surface area contributed by atoms with Gasteiger partial charge in [0, 0.05) is 24.4 Å². The van der Waals surface area contributed by atoms with Gasteiger partial charge in [-0.05, 0) is 30.7 Å². The molecule has 0 aliphatic rings. The molecule has 21 heavy (non-hydrogen) atoms. The molecule has 0 saturated carbocycles. The summed E-state index contributed by atoms with van der Waals surface area (Å²) in [7, 11) is 1.70. The number of aromatic nitrogens is 1. The number of halogens is 2. The number of aryl methyl sites for hydroxylation is 1. The fraction of sp³-hybridized carbons (Fsp3) is 0.200. The summed E-state index contributed by atoms with van der Waals surface area (Å²) in [4.78, 5) is 16.4. The van der Waals surface area contributed by atoms with Crippen LogP contribution in [-0.2, 0) is 6.42 Å². The zero-order chi connectivity index (χ0) is 15.4. The molecule has 0 unspecified atom stereocenters. The molecule has 2 aromatic rings. The highest BCUT2D eigenvalue weighted by Crippen LogP contribution is 2.17. The van der Waals surface area contributed by atoms with Gasteiger partial charge in [0.05, 0.1) is 5.69 Å². The van der Waals surface area contributed by atoms with Crippen molar-refractivity contribution >= 4 is 17.4 Å². The lowest BCUT2D eigenvalue weighted by Gasteiger charge is -2.09. The largest absolute Gasteiger partial charge is 0.373 e. The van der Waals surface area contributed by atoms with Gasteiger partial charge in [0.1, 0.15) is 17.5 Å². The molecule has 1 aromatic carbocycles. The van der Waals surface area contributed by atoms with Crippen molar-refractivity contribution in [3.8, 4) is 0 Å². The van der Waals surface area contributed by atoms with E-state index in [1.165, 1.54) is 6.07 Å². The third-order valence-corrected chi connectivity index (χ3v) is 2.94. The van der Waals surface area contributed by atoms with E-state index in [-0.39, 0.29) is 5.69 Å². The third kappa shape index (κ3) is 3.53. The molecule has 2 rings (SSSR count). The van der Waals surface area contributed by atoms with Gasteiger partial charge in [-0.1, -0.05) is 6.92 Å². The van der Waals surface area contributed by atoms with Crippen LogP contribution in [-0.4, -0.2) is 17.9 Å². The van der Waals surface area contributed by atoms with Crippen LogP contribution in [0.15, 0.2) is 30.3 Å². The van der Waals surface area contributed by atoms with E-state index < -0.39 is 17.5 Å². The molecule has 6 heteroatoms. The number of carbonyl (C=O) groups excluding carboxylic acids is 1. The molecule has 0 spiro atoms. The number of nitrogens with zero attached hydrogens (tertiary/aromatic N) is 1. The zero-order valence-corrected chi connectivity index (χ0v) is 11.7. The van der Waals surface area contributed by atoms with Crippen LogP contribution in [0.5, 0.6) is 0 Å². The fourth-order valence-electron chi connectivity index (χ4n) is 1.81. The average Bonchev–Trinajstić information content (AvgIpc) is 2.49. The van der Waals surface area contributed by atoms with Crippen LogP contribution in [0.25, 0.3) is 0 Å². The summed E-state index contributed by atoms with van der Waals surface area (Å²) in [6.45, 7) is 1.92. The highest BCUT2D eigenvalue weighted by Gasteiger charge is 2.12. The summed E-state index contributed by atoms with van der Waals surface area (Å²) >= 11 is 0. The first kappa shape index (κ1) is 14.9. The SMILES string of the molecule is CCc1cc(C(=O)Nc2ccc(F)cc2F)cc(NC)n1. The van der Waals surface area contributed by atoms with Gasteiger partial charge in [0.25, 0.3) is 5.91 Å². The first-order valence-electron chi connectivity index (χ1n) is 6.48. The van der Waals surface area contributed by atoms with Gasteiger partial charge in [0.15, 0.2) is 0 Å². The van der Waals surface area contributed by atoms with Gasteiger partial charge >= 0.3 is 0 Å². The number of amides is 1. The van der Waals surface area contributed by atoms with E-state index in [9.17, 15) is 13.6 Å². The second kappa shape index (κ2) is 6.30. The number of benzene rings is 1. The molecule has 1 aromatic heterocycles. The minimum Gasteiger partial charge on any atom is -0.373 e. The van der Waals surface area contributed by atoms with E-state index >= 15 is 0 Å². The molecule has 110 valence electrons. The van der Waals surface area contributed by atoms with E-state index in [0.717, 1.165) is 17.8 Å². The third-order valence-electron chi connectivity index (χ3n) is 2.94. The van der Waals surface area contributed by atoms with Gasteiger partial charge < -0.3 is 10.6 Å². The van der Waals surface area contributed by atoms with E-state index in [1.807, 2.05) is 6.92 Å². The second-order valence-corrected chi connectivity index (χ2v) is 4.41. The molecular formula is C15H15F2N3O. The van der Waals surface area contributed by atoms with Crippen LogP contribution in [0, 0.1) is 11.6 Å². The molecule has 0 radical (unpaired) electrons. The van der Waals surface area contributed by atoms with Gasteiger partial charge in [-0.25, -0.2) is 13.8 Å². The topological polar surface area (TPSA) is 54.0 Å². The maximum absolute atomic E-state index is 13.5. The van der Waals surface area contributed by atoms with Crippen molar-refractivity contribution < 1.29 is 13.6 Å². The summed E-state index contributed by atoms with van der Waals surface area (Å²) in [5.41, 5.74) is 1.03. The van der Waals surface area contributed by atoms with Gasteiger partial charge in [-0.2, -0.15) is 0 Å². The summed E-state index contributed by atoms with van der Waals surface area (Å²) in [5.74, 6) is -1.43. The van der Waals surface area contributed by atoms with Crippen molar-refractivity contribution in [1.29, 1.82) is 0 Å². The van der Waals surface area contributed by atoms with Gasteiger partial charge in [0.2, 0.25) is 0 Å². The van der Waals surface area contributed by atoms with Gasteiger partial charge in [-0.3, -0.25) is 4.79 Å². The maximum atomic E-state index is 13.5. The van der Waals surface area contributed by atoms with Gasteiger partial charge in [-0.15, -0.1) is 0 Å². The number of nitrogens with one attached hydrogen (secondary N) is 2. The first-order chi connectivity index (χ1) is 10.0. The van der Waals surface area contributed by atoms with Crippen LogP contribution >= 0.6 is 0 Å². The fourth-order valence-corrected chi connectivity index (χ4v) is 1.81. The molecule has 2 N–H and O–H groups in total. The van der Waals surface area contributed by atoms with Crippen molar-refractivity contribution in [1.82, 2.24) is 4.98 Å². The number of pyridine rings is 1. The predicted octanol–water partition coefficient (Wildman–Crippen LogP) is 3.22. The van der Waals surface area contributed by atoms with Crippen molar-refractivity contribution in [3.63, 3.8) is 0 Å². The molecule has 1 heterocycles. The highest BCUT2D eigenvalue weighted by molar-refractivity contribution is 6.04. The molecule has 0 saturated heterocycles. The molecule has 0 bridgehead atoms. The van der Waals surface area contributed by atoms with Crippen LogP contribution in [0.1, 0.15) is 23.0 Å². The van der Waals surface area contributed by atoms with Crippen molar-refractivity contribution in [2.45, 2.75) is 13.3 Å². The number of hydrogen-bond acceptors (Lipinski definition) is 3. The highest BCUT2D eigenvalue weighted by atomic mass is 19.1. The lowest BCUT2D eigenvalue weighted by molar-refractivity contribution is 0.102. The Balaban J connectivity index is 2.27. The van der Waals surface area contributed by atoms with Crippen LogP contribution in [0.4, 0.5) is 20.3 Å². The quantitative estimate of drug-likeness (QED) is 0.909. The number of hydrogen-bond donors (Lipinski definition) is 2. The van der Waals surface area contributed by atoms with Crippen LogP contribution < -0.4 is 10.6 Å². The van der Waals surface area contributed by atoms with Crippen molar-refractivity contribution in [2.24, 2.45) is 0 Å². The summed E-state index contributed by atoms with van der Waals surface area (Å²) in [6.07, 6.45) is 0.667. The number of carbonyl (C=O) groups is 1. The Labute approximate surface area is 121 Å². The first-order valence-corrected chi connectivity index (χ1v) is 6.48. The Bertz CT molecular complexity index is 652. The van der Waals surface area contributed by atoms with E-state index in [0.29, 0.717) is 17.8 Å². The summed E-state index contributed by atoms with van der Waals surface area (Å²) in [6, 6.07) is 6.19. The number of anilines is 2. The van der Waals surface area contributed by atoms with Crippen LogP contribution in [0.3, 0.4) is 0 Å². The minimum absolute atomic E-state index is 0.0673. The van der Waals surface area contributed by atoms with E-state index in [4.69, 9.17) is 0 Å². The van der Waals surface area contributed by atoms with Crippen molar-refractivity contribution in [2.75, 3.05) is 17.7 Å². The molecule has 0 fully saturated rings. The summed E-state index contributed by atoms with van der Waals surface area (Å²) < 4.78 is 26.4. The number of rotatable bonds is 4. The Hall–Kier alpha value is -2.50. The molecule has 4 nitrogen and oxygen atoms in total. The summed E-state index contributed by atoms with van der Waals surface area (Å²) in [5, 5.41) is 5.29. The van der Waals surface area contributed by atoms with E-state index in [2.05, 4.69) is 15.6 Å². The Morgan fingerprint density at radius 1 is 1.24 bits per heavy atom. The zero-order valence-electron chi connectivity index (χ0n) is 11.7. The maximum Gasteiger partial charge on any atom is 0.255 e. The van der Waals surface area contributed by atoms with Crippen molar-refractivity contribution in [3.05, 3.63) is 53.2 Å². The van der Waals surface area contributed by atoms with Crippen LogP contribution in [0.2, 0.25) is 0 Å². The Morgan fingerprint density at radius 2 is 2.00 bits per heavy atom. The smallest absolute Gasteiger partial charge is 0.255 e. The lowest BCUT2D eigenvalue weighted by atomic mass is 10.1. The molecule has 1 amide bonds. The minimum atomic E-state index is -0.818. The Morgan fingerprint density at radius 3 is 2.62 bits per heavy atom. The predicted molar refractivity (Wildman–Crippen MR) is 77.5 cm³/mol. The second-order valence-electron chi connectivity index (χ2n) is 4.41. The molecular weight excluding hydrogens is 276 g/mol. The van der Waals surface area contributed by atoms with E-state index in [1.54, 1.807) is 19.2 Å². The standard InChI is InChI=1S/C15H15F2N3O/c1-3-11-6-9(7-14(18-2)19-11)15(21)20-13-5-4-10(16)8-12(13)17/h4-8H,3H2,1-2H3,(H,18,19)(H,20,21).